The highest BCUT2D eigenvalue weighted by Gasteiger charge is 2.19. The van der Waals surface area contributed by atoms with Crippen molar-refractivity contribution in [1.29, 1.82) is 0 Å². The molecule has 1 saturated heterocycles. The fourth-order valence-corrected chi connectivity index (χ4v) is 3.14. The molecule has 0 spiro atoms. The van der Waals surface area contributed by atoms with E-state index < -0.39 is 0 Å². The topological polar surface area (TPSA) is 35.5 Å². The van der Waals surface area contributed by atoms with Crippen molar-refractivity contribution in [1.82, 2.24) is 10.2 Å². The van der Waals surface area contributed by atoms with Gasteiger partial charge >= 0.3 is 0 Å². The van der Waals surface area contributed by atoms with Crippen LogP contribution in [0.3, 0.4) is 0 Å². The lowest BCUT2D eigenvalue weighted by atomic mass is 10.0. The first kappa shape index (κ1) is 17.4. The Morgan fingerprint density at radius 2 is 1.95 bits per heavy atom. The summed E-state index contributed by atoms with van der Waals surface area (Å²) in [6.07, 6.45) is 5.29. The van der Waals surface area contributed by atoms with E-state index in [1.807, 2.05) is 12.1 Å². The number of benzene rings is 1. The second kappa shape index (κ2) is 9.23. The molecule has 0 bridgehead atoms. The molecule has 1 aromatic rings. The van der Waals surface area contributed by atoms with E-state index in [1.165, 1.54) is 18.4 Å². The lowest BCUT2D eigenvalue weighted by Gasteiger charge is -2.34. The lowest BCUT2D eigenvalue weighted by Crippen LogP contribution is -2.45. The molecule has 3 nitrogen and oxygen atoms in total. The Balaban J connectivity index is 1.63. The quantitative estimate of drug-likeness (QED) is 0.775. The zero-order valence-electron chi connectivity index (χ0n) is 13.6. The van der Waals surface area contributed by atoms with Gasteiger partial charge in [-0.25, -0.2) is 4.39 Å². The van der Waals surface area contributed by atoms with Crippen molar-refractivity contribution >= 4 is 0 Å². The molecule has 1 unspecified atom stereocenters. The van der Waals surface area contributed by atoms with Gasteiger partial charge in [0.1, 0.15) is 5.82 Å². The molecule has 2 N–H and O–H groups in total. The molecule has 0 saturated carbocycles. The number of likely N-dealkylation sites (tertiary alicyclic amines) is 1. The average molecular weight is 308 g/mol. The number of aliphatic hydroxyl groups is 1. The van der Waals surface area contributed by atoms with Crippen molar-refractivity contribution in [2.75, 3.05) is 26.2 Å². The smallest absolute Gasteiger partial charge is 0.123 e. The molecule has 1 aromatic carbocycles. The monoisotopic (exact) mass is 308 g/mol. The minimum atomic E-state index is -0.161. The van der Waals surface area contributed by atoms with Crippen LogP contribution in [0.5, 0.6) is 0 Å². The summed E-state index contributed by atoms with van der Waals surface area (Å²) in [7, 11) is 0. The van der Waals surface area contributed by atoms with Crippen LogP contribution in [0.15, 0.2) is 24.3 Å². The number of nitrogens with one attached hydrogen (secondary N) is 1. The van der Waals surface area contributed by atoms with Gasteiger partial charge < -0.3 is 15.3 Å². The molecular formula is C18H29FN2O. The molecule has 2 rings (SSSR count). The van der Waals surface area contributed by atoms with Crippen LogP contribution >= 0.6 is 0 Å². The second-order valence-corrected chi connectivity index (χ2v) is 6.43. The summed E-state index contributed by atoms with van der Waals surface area (Å²) in [5.41, 5.74) is 1.21. The second-order valence-electron chi connectivity index (χ2n) is 6.43. The summed E-state index contributed by atoms with van der Waals surface area (Å²) in [5.74, 6) is -0.161. The summed E-state index contributed by atoms with van der Waals surface area (Å²) in [6.45, 7) is 5.81. The van der Waals surface area contributed by atoms with E-state index in [9.17, 15) is 4.39 Å². The molecule has 1 atom stereocenters. The molecule has 0 aromatic heterocycles. The zero-order valence-corrected chi connectivity index (χ0v) is 13.6. The van der Waals surface area contributed by atoms with E-state index >= 15 is 0 Å². The van der Waals surface area contributed by atoms with E-state index in [0.717, 1.165) is 38.9 Å². The number of aliphatic hydroxyl groups excluding tert-OH is 1. The molecule has 22 heavy (non-hydrogen) atoms. The van der Waals surface area contributed by atoms with Crippen LogP contribution in [0.25, 0.3) is 0 Å². The number of piperidine rings is 1. The highest BCUT2D eigenvalue weighted by atomic mass is 19.1. The summed E-state index contributed by atoms with van der Waals surface area (Å²) < 4.78 is 12.9. The lowest BCUT2D eigenvalue weighted by molar-refractivity contribution is 0.190. The third kappa shape index (κ3) is 6.03. The summed E-state index contributed by atoms with van der Waals surface area (Å²) in [4.78, 5) is 2.50. The van der Waals surface area contributed by atoms with E-state index in [-0.39, 0.29) is 12.4 Å². The normalized spacial score (nSPS) is 18.5. The van der Waals surface area contributed by atoms with Gasteiger partial charge in [-0.2, -0.15) is 0 Å². The Bertz CT molecular complexity index is 416. The van der Waals surface area contributed by atoms with Gasteiger partial charge in [0, 0.05) is 25.2 Å². The maximum absolute atomic E-state index is 12.9. The molecule has 1 heterocycles. The van der Waals surface area contributed by atoms with Crippen LogP contribution in [-0.2, 0) is 6.42 Å². The molecule has 0 radical (unpaired) electrons. The number of hydrogen-bond acceptors (Lipinski definition) is 3. The molecular weight excluding hydrogens is 279 g/mol. The van der Waals surface area contributed by atoms with Gasteiger partial charge in [-0.1, -0.05) is 12.1 Å². The van der Waals surface area contributed by atoms with Gasteiger partial charge in [0.2, 0.25) is 0 Å². The number of nitrogens with zero attached hydrogens (tertiary/aromatic N) is 1. The molecule has 0 amide bonds. The zero-order chi connectivity index (χ0) is 15.8. The molecule has 124 valence electrons. The van der Waals surface area contributed by atoms with Gasteiger partial charge in [-0.05, 0) is 69.8 Å². The molecule has 1 aliphatic rings. The minimum absolute atomic E-state index is 0.161. The van der Waals surface area contributed by atoms with Gasteiger partial charge in [0.05, 0.1) is 0 Å². The maximum Gasteiger partial charge on any atom is 0.123 e. The fraction of sp³-hybridized carbons (Fsp3) is 0.667. The maximum atomic E-state index is 12.9. The fourth-order valence-electron chi connectivity index (χ4n) is 3.14. The van der Waals surface area contributed by atoms with Crippen LogP contribution in [0.2, 0.25) is 0 Å². The van der Waals surface area contributed by atoms with Crippen LogP contribution in [0.1, 0.15) is 38.2 Å². The van der Waals surface area contributed by atoms with Crippen LogP contribution in [0.4, 0.5) is 4.39 Å². The number of halogens is 1. The van der Waals surface area contributed by atoms with Crippen molar-refractivity contribution in [3.8, 4) is 0 Å². The largest absolute Gasteiger partial charge is 0.396 e. The summed E-state index contributed by atoms with van der Waals surface area (Å²) in [6, 6.07) is 7.94. The molecule has 0 aliphatic carbocycles. The van der Waals surface area contributed by atoms with E-state index in [4.69, 9.17) is 5.11 Å². The Morgan fingerprint density at radius 3 is 2.59 bits per heavy atom. The number of hydrogen-bond donors (Lipinski definition) is 2. The standard InChI is InChI=1S/C18H29FN2O/c1-15(3-2-14-22)20-18-9-12-21(13-10-18)11-8-16-4-6-17(19)7-5-16/h4-7,15,18,20,22H,2-3,8-14H2,1H3. The van der Waals surface area contributed by atoms with Crippen molar-refractivity contribution in [2.45, 2.75) is 51.1 Å². The van der Waals surface area contributed by atoms with Crippen molar-refractivity contribution < 1.29 is 9.50 Å². The Hall–Kier alpha value is -0.970. The van der Waals surface area contributed by atoms with E-state index in [0.29, 0.717) is 12.1 Å². The first-order chi connectivity index (χ1) is 10.7. The highest BCUT2D eigenvalue weighted by molar-refractivity contribution is 5.16. The first-order valence-corrected chi connectivity index (χ1v) is 8.51. The Morgan fingerprint density at radius 1 is 1.27 bits per heavy atom. The third-order valence-corrected chi connectivity index (χ3v) is 4.53. The third-order valence-electron chi connectivity index (χ3n) is 4.53. The molecule has 1 aliphatic heterocycles. The first-order valence-electron chi connectivity index (χ1n) is 8.51. The predicted molar refractivity (Wildman–Crippen MR) is 88.5 cm³/mol. The van der Waals surface area contributed by atoms with Crippen molar-refractivity contribution in [3.63, 3.8) is 0 Å². The SMILES string of the molecule is CC(CCCO)NC1CCN(CCc2ccc(F)cc2)CC1. The van der Waals surface area contributed by atoms with Gasteiger partial charge in [0.25, 0.3) is 0 Å². The Labute approximate surface area is 133 Å². The van der Waals surface area contributed by atoms with Crippen LogP contribution in [-0.4, -0.2) is 48.3 Å². The van der Waals surface area contributed by atoms with Gasteiger partial charge in [-0.15, -0.1) is 0 Å². The van der Waals surface area contributed by atoms with Crippen molar-refractivity contribution in [3.05, 3.63) is 35.6 Å². The van der Waals surface area contributed by atoms with E-state index in [2.05, 4.69) is 17.1 Å². The van der Waals surface area contributed by atoms with Gasteiger partial charge in [0.15, 0.2) is 0 Å². The predicted octanol–water partition coefficient (Wildman–Crippen LogP) is 2.58. The number of rotatable bonds is 8. The Kier molecular flexibility index (Phi) is 7.30. The van der Waals surface area contributed by atoms with Crippen molar-refractivity contribution in [2.24, 2.45) is 0 Å². The molecule has 1 fully saturated rings. The average Bonchev–Trinajstić information content (AvgIpc) is 2.54. The van der Waals surface area contributed by atoms with Crippen LogP contribution < -0.4 is 5.32 Å². The summed E-state index contributed by atoms with van der Waals surface area (Å²) >= 11 is 0. The van der Waals surface area contributed by atoms with E-state index in [1.54, 1.807) is 12.1 Å². The van der Waals surface area contributed by atoms with Crippen LogP contribution in [0, 0.1) is 5.82 Å². The summed E-state index contributed by atoms with van der Waals surface area (Å²) in [5, 5.41) is 12.5. The van der Waals surface area contributed by atoms with Gasteiger partial charge in [-0.3, -0.25) is 0 Å². The highest BCUT2D eigenvalue weighted by Crippen LogP contribution is 2.13. The molecule has 4 heteroatoms. The minimum Gasteiger partial charge on any atom is -0.396 e.